The molecule has 5 nitrogen and oxygen atoms in total. The van der Waals surface area contributed by atoms with Crippen LogP contribution in [0.25, 0.3) is 0 Å². The zero-order valence-corrected chi connectivity index (χ0v) is 14.3. The molecule has 0 aliphatic heterocycles. The molecule has 3 N–H and O–H groups in total. The molecule has 0 radical (unpaired) electrons. The van der Waals surface area contributed by atoms with Crippen LogP contribution in [0.4, 0.5) is 0 Å². The Hall–Kier alpha value is -1.70. The van der Waals surface area contributed by atoms with Crippen molar-refractivity contribution in [3.63, 3.8) is 0 Å². The Morgan fingerprint density at radius 2 is 1.78 bits per heavy atom. The standard InChI is InChI=1S/C16H20N2O3S2/c19-8-6-12(14-4-2-10-23-14)5-7-17-15(20)16(21)18-11-13-3-1-9-22-13/h1-4,9-10,12,19H,5-8,11H2,(H,17,20)(H,18,21)/t12-/m1/s1. The van der Waals surface area contributed by atoms with E-state index in [1.54, 1.807) is 11.3 Å². The molecule has 1 atom stereocenters. The fourth-order valence-electron chi connectivity index (χ4n) is 2.21. The van der Waals surface area contributed by atoms with Gasteiger partial charge in [-0.3, -0.25) is 9.59 Å². The molecule has 23 heavy (non-hydrogen) atoms. The Balaban J connectivity index is 1.71. The third kappa shape index (κ3) is 5.78. The van der Waals surface area contributed by atoms with E-state index in [1.165, 1.54) is 16.2 Å². The topological polar surface area (TPSA) is 78.4 Å². The number of thiophene rings is 2. The van der Waals surface area contributed by atoms with E-state index in [-0.39, 0.29) is 12.5 Å². The highest BCUT2D eigenvalue weighted by atomic mass is 32.1. The maximum atomic E-state index is 11.8. The van der Waals surface area contributed by atoms with E-state index in [2.05, 4.69) is 10.6 Å². The molecule has 0 unspecified atom stereocenters. The smallest absolute Gasteiger partial charge is 0.309 e. The van der Waals surface area contributed by atoms with E-state index >= 15 is 0 Å². The molecule has 0 bridgehead atoms. The summed E-state index contributed by atoms with van der Waals surface area (Å²) in [5.74, 6) is -1.03. The van der Waals surface area contributed by atoms with Crippen molar-refractivity contribution in [1.82, 2.24) is 10.6 Å². The molecule has 0 aromatic carbocycles. The highest BCUT2D eigenvalue weighted by Gasteiger charge is 2.15. The number of carbonyl (C=O) groups excluding carboxylic acids is 2. The van der Waals surface area contributed by atoms with Crippen LogP contribution in [0.15, 0.2) is 35.0 Å². The Labute approximate surface area is 143 Å². The van der Waals surface area contributed by atoms with Gasteiger partial charge in [0.05, 0.1) is 6.54 Å². The minimum absolute atomic E-state index is 0.109. The summed E-state index contributed by atoms with van der Waals surface area (Å²) in [6.45, 7) is 0.887. The lowest BCUT2D eigenvalue weighted by Crippen LogP contribution is -2.40. The van der Waals surface area contributed by atoms with Crippen LogP contribution in [-0.2, 0) is 16.1 Å². The third-order valence-electron chi connectivity index (χ3n) is 3.41. The number of aliphatic hydroxyl groups excluding tert-OH is 1. The van der Waals surface area contributed by atoms with Gasteiger partial charge in [-0.05, 0) is 41.7 Å². The first-order valence-electron chi connectivity index (χ1n) is 7.43. The average molecular weight is 352 g/mol. The quantitative estimate of drug-likeness (QED) is 0.637. The van der Waals surface area contributed by atoms with Gasteiger partial charge in [0, 0.05) is 22.9 Å². The molecular formula is C16H20N2O3S2. The first-order valence-corrected chi connectivity index (χ1v) is 9.19. The van der Waals surface area contributed by atoms with E-state index in [0.29, 0.717) is 25.9 Å². The summed E-state index contributed by atoms with van der Waals surface area (Å²) < 4.78 is 0. The van der Waals surface area contributed by atoms with Crippen LogP contribution in [0.1, 0.15) is 28.5 Å². The van der Waals surface area contributed by atoms with Crippen LogP contribution >= 0.6 is 22.7 Å². The van der Waals surface area contributed by atoms with Gasteiger partial charge in [0.2, 0.25) is 0 Å². The van der Waals surface area contributed by atoms with Gasteiger partial charge in [-0.25, -0.2) is 0 Å². The molecular weight excluding hydrogens is 332 g/mol. The van der Waals surface area contributed by atoms with Crippen LogP contribution in [0.3, 0.4) is 0 Å². The lowest BCUT2D eigenvalue weighted by molar-refractivity contribution is -0.139. The van der Waals surface area contributed by atoms with Gasteiger partial charge in [0.25, 0.3) is 0 Å². The second-order valence-corrected chi connectivity index (χ2v) is 7.04. The number of hydrogen-bond acceptors (Lipinski definition) is 5. The molecule has 2 aromatic rings. The van der Waals surface area contributed by atoms with Gasteiger partial charge in [-0.15, -0.1) is 22.7 Å². The molecule has 0 aliphatic rings. The zero-order chi connectivity index (χ0) is 16.5. The Morgan fingerprint density at radius 3 is 2.43 bits per heavy atom. The average Bonchev–Trinajstić information content (AvgIpc) is 3.24. The van der Waals surface area contributed by atoms with Crippen molar-refractivity contribution in [2.45, 2.75) is 25.3 Å². The fraction of sp³-hybridized carbons (Fsp3) is 0.375. The normalized spacial score (nSPS) is 11.9. The molecule has 0 fully saturated rings. The van der Waals surface area contributed by atoms with E-state index in [1.807, 2.05) is 35.0 Å². The van der Waals surface area contributed by atoms with Crippen LogP contribution in [-0.4, -0.2) is 30.1 Å². The van der Waals surface area contributed by atoms with Crippen molar-refractivity contribution in [3.8, 4) is 0 Å². The van der Waals surface area contributed by atoms with Crippen LogP contribution in [0, 0.1) is 0 Å². The zero-order valence-electron chi connectivity index (χ0n) is 12.7. The van der Waals surface area contributed by atoms with Crippen molar-refractivity contribution < 1.29 is 14.7 Å². The van der Waals surface area contributed by atoms with Crippen LogP contribution in [0.2, 0.25) is 0 Å². The monoisotopic (exact) mass is 352 g/mol. The lowest BCUT2D eigenvalue weighted by Gasteiger charge is -2.14. The fourth-order valence-corrected chi connectivity index (χ4v) is 3.75. The van der Waals surface area contributed by atoms with E-state index in [0.717, 1.165) is 4.88 Å². The van der Waals surface area contributed by atoms with E-state index < -0.39 is 11.8 Å². The summed E-state index contributed by atoms with van der Waals surface area (Å²) in [6, 6.07) is 7.81. The molecule has 0 aliphatic carbocycles. The molecule has 124 valence electrons. The predicted octanol–water partition coefficient (Wildman–Crippen LogP) is 2.10. The number of amides is 2. The van der Waals surface area contributed by atoms with Gasteiger partial charge in [-0.1, -0.05) is 12.1 Å². The van der Waals surface area contributed by atoms with Gasteiger partial charge < -0.3 is 15.7 Å². The number of hydrogen-bond donors (Lipinski definition) is 3. The maximum absolute atomic E-state index is 11.8. The van der Waals surface area contributed by atoms with Crippen molar-refractivity contribution in [2.24, 2.45) is 0 Å². The number of aliphatic hydroxyl groups is 1. The molecule has 2 heterocycles. The van der Waals surface area contributed by atoms with E-state index in [4.69, 9.17) is 5.11 Å². The largest absolute Gasteiger partial charge is 0.396 e. The first-order chi connectivity index (χ1) is 11.2. The summed E-state index contributed by atoms with van der Waals surface area (Å²) >= 11 is 3.17. The minimum Gasteiger partial charge on any atom is -0.396 e. The summed E-state index contributed by atoms with van der Waals surface area (Å²) in [4.78, 5) is 25.7. The number of rotatable bonds is 8. The van der Waals surface area contributed by atoms with Crippen molar-refractivity contribution in [1.29, 1.82) is 0 Å². The molecule has 0 saturated heterocycles. The highest BCUT2D eigenvalue weighted by molar-refractivity contribution is 7.10. The Morgan fingerprint density at radius 1 is 1.04 bits per heavy atom. The van der Waals surface area contributed by atoms with Gasteiger partial charge in [0.15, 0.2) is 0 Å². The maximum Gasteiger partial charge on any atom is 0.309 e. The molecule has 0 saturated carbocycles. The number of nitrogens with one attached hydrogen (secondary N) is 2. The molecule has 2 amide bonds. The van der Waals surface area contributed by atoms with Crippen LogP contribution < -0.4 is 10.6 Å². The first kappa shape index (κ1) is 17.7. The summed E-state index contributed by atoms with van der Waals surface area (Å²) in [5, 5.41) is 18.3. The molecule has 2 rings (SSSR count). The van der Waals surface area contributed by atoms with E-state index in [9.17, 15) is 9.59 Å². The van der Waals surface area contributed by atoms with Crippen molar-refractivity contribution in [2.75, 3.05) is 13.2 Å². The molecule has 7 heteroatoms. The number of carbonyl (C=O) groups is 2. The van der Waals surface area contributed by atoms with Gasteiger partial charge in [0.1, 0.15) is 0 Å². The molecule has 0 spiro atoms. The summed E-state index contributed by atoms with van der Waals surface area (Å²) in [7, 11) is 0. The third-order valence-corrected chi connectivity index (χ3v) is 5.32. The van der Waals surface area contributed by atoms with Gasteiger partial charge in [-0.2, -0.15) is 0 Å². The molecule has 2 aromatic heterocycles. The predicted molar refractivity (Wildman–Crippen MR) is 92.6 cm³/mol. The van der Waals surface area contributed by atoms with Gasteiger partial charge >= 0.3 is 11.8 Å². The second kappa shape index (κ2) is 9.44. The van der Waals surface area contributed by atoms with Crippen LogP contribution in [0.5, 0.6) is 0 Å². The van der Waals surface area contributed by atoms with Crippen molar-refractivity contribution >= 4 is 34.5 Å². The minimum atomic E-state index is -0.617. The lowest BCUT2D eigenvalue weighted by atomic mass is 10.00. The second-order valence-electron chi connectivity index (χ2n) is 5.03. The highest BCUT2D eigenvalue weighted by Crippen LogP contribution is 2.26. The SMILES string of the molecule is O=C(NCC[C@H](CCO)c1cccs1)C(=O)NCc1cccs1. The van der Waals surface area contributed by atoms with Crippen molar-refractivity contribution in [3.05, 3.63) is 44.8 Å². The Bertz CT molecular complexity index is 597. The summed E-state index contributed by atoms with van der Waals surface area (Å²) in [6.07, 6.45) is 1.35. The Kier molecular flexibility index (Phi) is 7.25. The summed E-state index contributed by atoms with van der Waals surface area (Å²) in [5.41, 5.74) is 0.